The number of piperidine rings is 1. The van der Waals surface area contributed by atoms with Crippen molar-refractivity contribution in [1.82, 2.24) is 4.90 Å². The van der Waals surface area contributed by atoms with Crippen LogP contribution in [-0.2, 0) is 4.74 Å². The monoisotopic (exact) mass is 295 g/mol. The molecule has 0 spiro atoms. The van der Waals surface area contributed by atoms with Crippen LogP contribution in [0.5, 0.6) is 0 Å². The Morgan fingerprint density at radius 1 is 1.38 bits per heavy atom. The van der Waals surface area contributed by atoms with E-state index in [1.807, 2.05) is 6.92 Å². The van der Waals surface area contributed by atoms with Crippen LogP contribution in [0.1, 0.15) is 19.8 Å². The topological polar surface area (TPSA) is 41.7 Å². The van der Waals surface area contributed by atoms with Crippen molar-refractivity contribution in [3.8, 4) is 0 Å². The first-order chi connectivity index (χ1) is 10.1. The number of anilines is 2. The number of hydrogen-bond donors (Lipinski definition) is 1. The summed E-state index contributed by atoms with van der Waals surface area (Å²) < 4.78 is 19.3. The zero-order chi connectivity index (χ0) is 15.2. The molecule has 0 saturated carbocycles. The van der Waals surface area contributed by atoms with Crippen LogP contribution in [0.25, 0.3) is 0 Å². The van der Waals surface area contributed by atoms with E-state index in [0.29, 0.717) is 17.4 Å². The molecule has 0 aromatic heterocycles. The number of ether oxygens (including phenoxy) is 1. The molecule has 0 aliphatic carbocycles. The maximum Gasteiger partial charge on any atom is 0.148 e. The van der Waals surface area contributed by atoms with Crippen LogP contribution in [0.15, 0.2) is 18.2 Å². The van der Waals surface area contributed by atoms with Gasteiger partial charge in [-0.2, -0.15) is 0 Å². The summed E-state index contributed by atoms with van der Waals surface area (Å²) in [6, 6.07) is 5.50. The van der Waals surface area contributed by atoms with Crippen molar-refractivity contribution in [2.24, 2.45) is 0 Å². The van der Waals surface area contributed by atoms with E-state index < -0.39 is 0 Å². The number of nitrogens with zero attached hydrogens (tertiary/aromatic N) is 2. The molecule has 1 aliphatic heterocycles. The predicted molar refractivity (Wildman–Crippen MR) is 85.2 cm³/mol. The van der Waals surface area contributed by atoms with Crippen molar-refractivity contribution in [3.05, 3.63) is 24.0 Å². The largest absolute Gasteiger partial charge is 0.399 e. The first kappa shape index (κ1) is 16.0. The number of halogens is 1. The van der Waals surface area contributed by atoms with Gasteiger partial charge in [0.1, 0.15) is 5.82 Å². The summed E-state index contributed by atoms with van der Waals surface area (Å²) in [5.41, 5.74) is 6.74. The van der Waals surface area contributed by atoms with Gasteiger partial charge in [-0.05, 0) is 45.0 Å². The van der Waals surface area contributed by atoms with Crippen molar-refractivity contribution in [2.45, 2.75) is 25.8 Å². The second-order valence-corrected chi connectivity index (χ2v) is 5.61. The standard InChI is InChI=1S/C16H26FN3O/c1-3-21-11-10-19(2)14-6-8-20(9-7-14)16-5-4-13(18)12-15(16)17/h4-5,12,14H,3,6-11,18H2,1-2H3. The molecule has 1 aromatic rings. The lowest BCUT2D eigenvalue weighted by molar-refractivity contribution is 0.101. The summed E-state index contributed by atoms with van der Waals surface area (Å²) in [7, 11) is 2.14. The molecule has 1 aliphatic rings. The van der Waals surface area contributed by atoms with Gasteiger partial charge in [-0.15, -0.1) is 0 Å². The number of hydrogen-bond acceptors (Lipinski definition) is 4. The lowest BCUT2D eigenvalue weighted by atomic mass is 10.0. The van der Waals surface area contributed by atoms with Gasteiger partial charge in [0.2, 0.25) is 0 Å². The quantitative estimate of drug-likeness (QED) is 0.646. The Morgan fingerprint density at radius 3 is 2.71 bits per heavy atom. The summed E-state index contributed by atoms with van der Waals surface area (Å²) in [4.78, 5) is 4.47. The molecule has 1 saturated heterocycles. The maximum absolute atomic E-state index is 13.9. The third-order valence-electron chi connectivity index (χ3n) is 4.19. The fourth-order valence-corrected chi connectivity index (χ4v) is 2.86. The Hall–Kier alpha value is -1.33. The van der Waals surface area contributed by atoms with Gasteiger partial charge in [-0.1, -0.05) is 0 Å². The predicted octanol–water partition coefficient (Wildman–Crippen LogP) is 2.34. The van der Waals surface area contributed by atoms with Crippen LogP contribution < -0.4 is 10.6 Å². The van der Waals surface area contributed by atoms with E-state index in [0.717, 1.165) is 45.7 Å². The third-order valence-corrected chi connectivity index (χ3v) is 4.19. The Bertz CT molecular complexity index is 447. The molecule has 1 fully saturated rings. The molecular weight excluding hydrogens is 269 g/mol. The van der Waals surface area contributed by atoms with Crippen LogP contribution in [0.3, 0.4) is 0 Å². The molecule has 2 N–H and O–H groups in total. The average Bonchev–Trinajstić information content (AvgIpc) is 2.48. The molecule has 0 bridgehead atoms. The van der Waals surface area contributed by atoms with Crippen molar-refractivity contribution in [1.29, 1.82) is 0 Å². The molecule has 0 atom stereocenters. The Labute approximate surface area is 126 Å². The average molecular weight is 295 g/mol. The number of rotatable bonds is 6. The number of likely N-dealkylation sites (N-methyl/N-ethyl adjacent to an activating group) is 1. The van der Waals surface area contributed by atoms with Crippen LogP contribution in [0, 0.1) is 5.82 Å². The van der Waals surface area contributed by atoms with E-state index in [2.05, 4.69) is 16.8 Å². The lowest BCUT2D eigenvalue weighted by Gasteiger charge is -2.38. The van der Waals surface area contributed by atoms with E-state index in [1.54, 1.807) is 12.1 Å². The molecule has 1 aromatic carbocycles. The molecule has 21 heavy (non-hydrogen) atoms. The summed E-state index contributed by atoms with van der Waals surface area (Å²) >= 11 is 0. The highest BCUT2D eigenvalue weighted by atomic mass is 19.1. The van der Waals surface area contributed by atoms with E-state index in [4.69, 9.17) is 10.5 Å². The van der Waals surface area contributed by atoms with Gasteiger partial charge in [-0.3, -0.25) is 0 Å². The minimum absolute atomic E-state index is 0.224. The van der Waals surface area contributed by atoms with Gasteiger partial charge in [0.15, 0.2) is 0 Å². The summed E-state index contributed by atoms with van der Waals surface area (Å²) in [5, 5.41) is 0. The van der Waals surface area contributed by atoms with E-state index in [9.17, 15) is 4.39 Å². The van der Waals surface area contributed by atoms with Crippen molar-refractivity contribution < 1.29 is 9.13 Å². The Kier molecular flexibility index (Phi) is 5.82. The van der Waals surface area contributed by atoms with Crippen molar-refractivity contribution in [2.75, 3.05) is 50.5 Å². The highest BCUT2D eigenvalue weighted by molar-refractivity contribution is 5.54. The molecule has 0 unspecified atom stereocenters. The van der Waals surface area contributed by atoms with Gasteiger partial charge >= 0.3 is 0 Å². The minimum Gasteiger partial charge on any atom is -0.399 e. The second-order valence-electron chi connectivity index (χ2n) is 5.61. The Balaban J connectivity index is 1.85. The van der Waals surface area contributed by atoms with Gasteiger partial charge < -0.3 is 20.3 Å². The minimum atomic E-state index is -0.224. The van der Waals surface area contributed by atoms with Gasteiger partial charge in [-0.25, -0.2) is 4.39 Å². The van der Waals surface area contributed by atoms with Crippen LogP contribution in [0.2, 0.25) is 0 Å². The lowest BCUT2D eigenvalue weighted by Crippen LogP contribution is -2.44. The first-order valence-electron chi connectivity index (χ1n) is 7.69. The molecular formula is C16H26FN3O. The smallest absolute Gasteiger partial charge is 0.148 e. The van der Waals surface area contributed by atoms with Gasteiger partial charge in [0, 0.05) is 38.0 Å². The molecule has 1 heterocycles. The Morgan fingerprint density at radius 2 is 2.10 bits per heavy atom. The molecule has 2 rings (SSSR count). The third kappa shape index (κ3) is 4.32. The van der Waals surface area contributed by atoms with Crippen molar-refractivity contribution >= 4 is 11.4 Å². The van der Waals surface area contributed by atoms with Crippen LogP contribution in [0.4, 0.5) is 15.8 Å². The van der Waals surface area contributed by atoms with Crippen molar-refractivity contribution in [3.63, 3.8) is 0 Å². The summed E-state index contributed by atoms with van der Waals surface area (Å²) in [5.74, 6) is -0.224. The second kappa shape index (κ2) is 7.61. The molecule has 0 radical (unpaired) electrons. The highest BCUT2D eigenvalue weighted by Gasteiger charge is 2.23. The fraction of sp³-hybridized carbons (Fsp3) is 0.625. The van der Waals surface area contributed by atoms with E-state index >= 15 is 0 Å². The van der Waals surface area contributed by atoms with Gasteiger partial charge in [0.05, 0.1) is 12.3 Å². The molecule has 4 nitrogen and oxygen atoms in total. The number of benzene rings is 1. The molecule has 118 valence electrons. The number of nitrogen functional groups attached to an aromatic ring is 1. The zero-order valence-corrected chi connectivity index (χ0v) is 13.0. The number of nitrogens with two attached hydrogens (primary N) is 1. The maximum atomic E-state index is 13.9. The zero-order valence-electron chi connectivity index (χ0n) is 13.0. The van der Waals surface area contributed by atoms with Gasteiger partial charge in [0.25, 0.3) is 0 Å². The van der Waals surface area contributed by atoms with E-state index in [1.165, 1.54) is 6.07 Å². The first-order valence-corrected chi connectivity index (χ1v) is 7.69. The molecule has 5 heteroatoms. The highest BCUT2D eigenvalue weighted by Crippen LogP contribution is 2.26. The normalized spacial score (nSPS) is 16.7. The van der Waals surface area contributed by atoms with E-state index in [-0.39, 0.29) is 5.82 Å². The summed E-state index contributed by atoms with van der Waals surface area (Å²) in [6.07, 6.45) is 2.10. The van der Waals surface area contributed by atoms with Crippen LogP contribution in [-0.4, -0.2) is 50.8 Å². The molecule has 0 amide bonds. The van der Waals surface area contributed by atoms with Crippen LogP contribution >= 0.6 is 0 Å². The summed E-state index contributed by atoms with van der Waals surface area (Å²) in [6.45, 7) is 6.27. The fourth-order valence-electron chi connectivity index (χ4n) is 2.86. The SMILES string of the molecule is CCOCCN(C)C1CCN(c2ccc(N)cc2F)CC1.